The molecule has 0 aromatic heterocycles. The van der Waals surface area contributed by atoms with Crippen LogP contribution in [0.2, 0.25) is 0 Å². The molecule has 0 saturated heterocycles. The zero-order valence-corrected chi connectivity index (χ0v) is 15.4. The fourth-order valence-corrected chi connectivity index (χ4v) is 2.69. The van der Waals surface area contributed by atoms with Crippen LogP contribution in [0.1, 0.15) is 31.7 Å². The minimum absolute atomic E-state index is 0.0251. The lowest BCUT2D eigenvalue weighted by Crippen LogP contribution is -2.33. The van der Waals surface area contributed by atoms with E-state index in [1.54, 1.807) is 18.2 Å². The number of nitrogens with zero attached hydrogens (tertiary/aromatic N) is 1. The summed E-state index contributed by atoms with van der Waals surface area (Å²) in [5.74, 6) is -0.849. The Hall–Kier alpha value is -2.54. The molecule has 0 saturated carbocycles. The first-order chi connectivity index (χ1) is 12.5. The van der Waals surface area contributed by atoms with E-state index in [9.17, 15) is 14.7 Å². The van der Waals surface area contributed by atoms with Gasteiger partial charge in [-0.25, -0.2) is 0 Å². The van der Waals surface area contributed by atoms with Crippen LogP contribution >= 0.6 is 0 Å². The van der Waals surface area contributed by atoms with Crippen molar-refractivity contribution in [3.05, 3.63) is 29.5 Å². The van der Waals surface area contributed by atoms with Crippen LogP contribution in [-0.2, 0) is 14.3 Å². The molecule has 1 N–H and O–H groups in total. The second kappa shape index (κ2) is 9.24. The standard InChI is InChI=1S/C19H25NO6/c1-4-5-10-26-11-6-9-20-18(22)16(17(21)19(20)23)13-7-8-14(24-2)15(12-13)25-3/h7-8,12,21H,4-6,9-11H2,1-3H3. The maximum Gasteiger partial charge on any atom is 0.296 e. The molecule has 0 aliphatic carbocycles. The van der Waals surface area contributed by atoms with Gasteiger partial charge in [-0.2, -0.15) is 0 Å². The van der Waals surface area contributed by atoms with Gasteiger partial charge in [-0.1, -0.05) is 19.4 Å². The third-order valence-electron chi connectivity index (χ3n) is 4.13. The summed E-state index contributed by atoms with van der Waals surface area (Å²) >= 11 is 0. The number of carbonyl (C=O) groups excluding carboxylic acids is 2. The molecular formula is C19H25NO6. The van der Waals surface area contributed by atoms with Crippen LogP contribution in [0.5, 0.6) is 11.5 Å². The SMILES string of the molecule is CCCCOCCCN1C(=O)C(O)=C(c2ccc(OC)c(OC)c2)C1=O. The molecule has 1 heterocycles. The summed E-state index contributed by atoms with van der Waals surface area (Å²) in [4.78, 5) is 25.9. The molecule has 2 rings (SSSR count). The molecule has 1 aromatic rings. The number of carbonyl (C=O) groups is 2. The van der Waals surface area contributed by atoms with E-state index in [0.717, 1.165) is 17.7 Å². The van der Waals surface area contributed by atoms with E-state index in [0.29, 0.717) is 36.7 Å². The fourth-order valence-electron chi connectivity index (χ4n) is 2.69. The summed E-state index contributed by atoms with van der Waals surface area (Å²) < 4.78 is 15.8. The number of aliphatic hydroxyl groups is 1. The second-order valence-corrected chi connectivity index (χ2v) is 5.87. The number of imide groups is 1. The minimum Gasteiger partial charge on any atom is -0.502 e. The second-order valence-electron chi connectivity index (χ2n) is 5.87. The Kier molecular flexibility index (Phi) is 7.03. The van der Waals surface area contributed by atoms with E-state index in [1.807, 2.05) is 0 Å². The molecule has 7 heteroatoms. The summed E-state index contributed by atoms with van der Waals surface area (Å²) in [7, 11) is 2.98. The monoisotopic (exact) mass is 363 g/mol. The zero-order chi connectivity index (χ0) is 19.1. The van der Waals surface area contributed by atoms with Crippen molar-refractivity contribution in [3.8, 4) is 11.5 Å². The van der Waals surface area contributed by atoms with Crippen molar-refractivity contribution in [1.29, 1.82) is 0 Å². The predicted octanol–water partition coefficient (Wildman–Crippen LogP) is 2.55. The Labute approximate surface area is 153 Å². The van der Waals surface area contributed by atoms with E-state index in [1.165, 1.54) is 14.2 Å². The van der Waals surface area contributed by atoms with Crippen LogP contribution in [0.3, 0.4) is 0 Å². The molecule has 0 bridgehead atoms. The molecule has 1 aliphatic rings. The summed E-state index contributed by atoms with van der Waals surface area (Å²) in [5, 5.41) is 10.2. The lowest BCUT2D eigenvalue weighted by Gasteiger charge is -2.14. The summed E-state index contributed by atoms with van der Waals surface area (Å²) in [5.41, 5.74) is 0.378. The van der Waals surface area contributed by atoms with Gasteiger partial charge in [0.2, 0.25) is 0 Å². The normalized spacial score (nSPS) is 14.3. The first-order valence-electron chi connectivity index (χ1n) is 8.64. The molecule has 2 amide bonds. The highest BCUT2D eigenvalue weighted by Gasteiger charge is 2.39. The number of methoxy groups -OCH3 is 2. The lowest BCUT2D eigenvalue weighted by molar-refractivity contribution is -0.138. The van der Waals surface area contributed by atoms with Gasteiger partial charge in [0.1, 0.15) is 0 Å². The number of hydrogen-bond donors (Lipinski definition) is 1. The van der Waals surface area contributed by atoms with Crippen LogP contribution in [-0.4, -0.2) is 55.8 Å². The highest BCUT2D eigenvalue weighted by Crippen LogP contribution is 2.34. The lowest BCUT2D eigenvalue weighted by atomic mass is 10.0. The van der Waals surface area contributed by atoms with Gasteiger partial charge in [-0.3, -0.25) is 14.5 Å². The molecule has 7 nitrogen and oxygen atoms in total. The van der Waals surface area contributed by atoms with Crippen LogP contribution in [0.25, 0.3) is 5.57 Å². The molecule has 1 aromatic carbocycles. The number of ether oxygens (including phenoxy) is 3. The van der Waals surface area contributed by atoms with Crippen LogP contribution in [0, 0.1) is 0 Å². The highest BCUT2D eigenvalue weighted by atomic mass is 16.5. The number of aliphatic hydroxyl groups excluding tert-OH is 1. The average Bonchev–Trinajstić information content (AvgIpc) is 2.87. The number of benzene rings is 1. The van der Waals surface area contributed by atoms with Crippen molar-refractivity contribution in [2.45, 2.75) is 26.2 Å². The van der Waals surface area contributed by atoms with E-state index in [2.05, 4.69) is 6.92 Å². The van der Waals surface area contributed by atoms with Crippen molar-refractivity contribution in [1.82, 2.24) is 4.90 Å². The van der Waals surface area contributed by atoms with Crippen molar-refractivity contribution in [2.75, 3.05) is 34.0 Å². The maximum absolute atomic E-state index is 12.6. The van der Waals surface area contributed by atoms with Crippen molar-refractivity contribution < 1.29 is 28.9 Å². The molecule has 0 fully saturated rings. The molecule has 142 valence electrons. The molecule has 0 radical (unpaired) electrons. The van der Waals surface area contributed by atoms with E-state index < -0.39 is 17.6 Å². The third-order valence-corrected chi connectivity index (χ3v) is 4.13. The van der Waals surface area contributed by atoms with Crippen molar-refractivity contribution >= 4 is 17.4 Å². The van der Waals surface area contributed by atoms with E-state index in [-0.39, 0.29) is 12.1 Å². The fraction of sp³-hybridized carbons (Fsp3) is 0.474. The van der Waals surface area contributed by atoms with Crippen LogP contribution in [0.4, 0.5) is 0 Å². The predicted molar refractivity (Wildman–Crippen MR) is 96.2 cm³/mol. The molecule has 1 aliphatic heterocycles. The van der Waals surface area contributed by atoms with Gasteiger partial charge in [-0.05, 0) is 30.5 Å². The molecular weight excluding hydrogens is 338 g/mol. The van der Waals surface area contributed by atoms with E-state index in [4.69, 9.17) is 14.2 Å². The Morgan fingerprint density at radius 3 is 2.35 bits per heavy atom. The Morgan fingerprint density at radius 2 is 1.69 bits per heavy atom. The number of hydrogen-bond acceptors (Lipinski definition) is 6. The maximum atomic E-state index is 12.6. The number of amides is 2. The van der Waals surface area contributed by atoms with Gasteiger partial charge >= 0.3 is 0 Å². The van der Waals surface area contributed by atoms with Gasteiger partial charge < -0.3 is 19.3 Å². The highest BCUT2D eigenvalue weighted by molar-refractivity contribution is 6.34. The van der Waals surface area contributed by atoms with Crippen molar-refractivity contribution in [2.24, 2.45) is 0 Å². The quantitative estimate of drug-likeness (QED) is 0.508. The summed E-state index contributed by atoms with van der Waals surface area (Å²) in [6.07, 6.45) is 2.55. The molecule has 0 atom stereocenters. The smallest absolute Gasteiger partial charge is 0.296 e. The van der Waals surface area contributed by atoms with Crippen LogP contribution < -0.4 is 9.47 Å². The van der Waals surface area contributed by atoms with Gasteiger partial charge in [-0.15, -0.1) is 0 Å². The Morgan fingerprint density at radius 1 is 1.00 bits per heavy atom. The van der Waals surface area contributed by atoms with Gasteiger partial charge in [0.05, 0.1) is 19.8 Å². The third kappa shape index (κ3) is 4.16. The average molecular weight is 363 g/mol. The first-order valence-corrected chi connectivity index (χ1v) is 8.64. The Bertz CT molecular complexity index is 697. The minimum atomic E-state index is -0.687. The molecule has 26 heavy (non-hydrogen) atoms. The topological polar surface area (TPSA) is 85.3 Å². The number of rotatable bonds is 10. The van der Waals surface area contributed by atoms with Gasteiger partial charge in [0, 0.05) is 19.8 Å². The van der Waals surface area contributed by atoms with Gasteiger partial charge in [0.25, 0.3) is 11.8 Å². The van der Waals surface area contributed by atoms with E-state index >= 15 is 0 Å². The van der Waals surface area contributed by atoms with Crippen molar-refractivity contribution in [3.63, 3.8) is 0 Å². The summed E-state index contributed by atoms with van der Waals surface area (Å²) in [6.45, 7) is 3.40. The molecule has 0 spiro atoms. The zero-order valence-electron chi connectivity index (χ0n) is 15.4. The first kappa shape index (κ1) is 19.8. The Balaban J connectivity index is 2.08. The number of unbranched alkanes of at least 4 members (excludes halogenated alkanes) is 1. The summed E-state index contributed by atoms with van der Waals surface area (Å²) in [6, 6.07) is 4.79. The van der Waals surface area contributed by atoms with Gasteiger partial charge in [0.15, 0.2) is 17.3 Å². The largest absolute Gasteiger partial charge is 0.502 e. The molecule has 0 unspecified atom stereocenters. The van der Waals surface area contributed by atoms with Crippen LogP contribution in [0.15, 0.2) is 24.0 Å².